The number of nitrogens with two attached hydrogens (primary N) is 1. The van der Waals surface area contributed by atoms with E-state index in [-0.39, 0.29) is 5.69 Å². The summed E-state index contributed by atoms with van der Waals surface area (Å²) in [4.78, 5) is 17.4. The normalized spacial score (nSPS) is 9.61. The van der Waals surface area contributed by atoms with Crippen LogP contribution in [0.1, 0.15) is 23.8 Å². The quantitative estimate of drug-likeness (QED) is 0.787. The molecule has 0 amide bonds. The van der Waals surface area contributed by atoms with E-state index in [9.17, 15) is 4.79 Å². The van der Waals surface area contributed by atoms with Crippen molar-refractivity contribution < 1.29 is 9.53 Å². The molecule has 18 heavy (non-hydrogen) atoms. The maximum Gasteiger partial charge on any atom is 0.356 e. The van der Waals surface area contributed by atoms with E-state index in [2.05, 4.69) is 15.8 Å². The Morgan fingerprint density at radius 1 is 1.61 bits per heavy atom. The first kappa shape index (κ1) is 13.8. The van der Waals surface area contributed by atoms with E-state index in [1.807, 2.05) is 11.8 Å². The van der Waals surface area contributed by atoms with E-state index >= 15 is 0 Å². The van der Waals surface area contributed by atoms with Gasteiger partial charge in [-0.25, -0.2) is 9.78 Å². The average Bonchev–Trinajstić information content (AvgIpc) is 2.40. The van der Waals surface area contributed by atoms with Crippen molar-refractivity contribution in [2.24, 2.45) is 0 Å². The summed E-state index contributed by atoms with van der Waals surface area (Å²) >= 11 is 0. The van der Waals surface area contributed by atoms with Gasteiger partial charge in [0.25, 0.3) is 0 Å². The second-order valence-corrected chi connectivity index (χ2v) is 3.59. The number of nitrogens with zero attached hydrogens (tertiary/aromatic N) is 3. The lowest BCUT2D eigenvalue weighted by Gasteiger charge is -2.22. The zero-order valence-corrected chi connectivity index (χ0v) is 10.5. The smallest absolute Gasteiger partial charge is 0.356 e. The first-order valence-corrected chi connectivity index (χ1v) is 5.60. The first-order chi connectivity index (χ1) is 8.63. The molecule has 1 aromatic rings. The fourth-order valence-electron chi connectivity index (χ4n) is 1.53. The molecular weight excluding hydrogens is 232 g/mol. The summed E-state index contributed by atoms with van der Waals surface area (Å²) in [5.74, 6) is 0.00300. The zero-order chi connectivity index (χ0) is 13.5. The molecule has 0 aromatic carbocycles. The van der Waals surface area contributed by atoms with E-state index in [0.717, 1.165) is 0 Å². The van der Waals surface area contributed by atoms with E-state index in [1.54, 1.807) is 6.07 Å². The SMILES string of the molecule is CCN(CCC#N)c1nc(C(=O)OC)ccc1N. The van der Waals surface area contributed by atoms with Crippen LogP contribution in [-0.2, 0) is 4.74 Å². The Hall–Kier alpha value is -2.29. The Kier molecular flexibility index (Phi) is 4.93. The lowest BCUT2D eigenvalue weighted by molar-refractivity contribution is 0.0594. The highest BCUT2D eigenvalue weighted by Gasteiger charge is 2.14. The lowest BCUT2D eigenvalue weighted by atomic mass is 10.3. The largest absolute Gasteiger partial charge is 0.464 e. The number of nitrogen functional groups attached to an aromatic ring is 1. The van der Waals surface area contributed by atoms with Gasteiger partial charge >= 0.3 is 5.97 Å². The van der Waals surface area contributed by atoms with Gasteiger partial charge in [-0.05, 0) is 19.1 Å². The predicted octanol–water partition coefficient (Wildman–Crippen LogP) is 1.19. The van der Waals surface area contributed by atoms with Crippen molar-refractivity contribution in [2.75, 3.05) is 30.8 Å². The molecule has 0 aliphatic heterocycles. The average molecular weight is 248 g/mol. The third-order valence-corrected chi connectivity index (χ3v) is 2.47. The minimum atomic E-state index is -0.507. The number of aromatic nitrogens is 1. The summed E-state index contributed by atoms with van der Waals surface area (Å²) < 4.78 is 4.61. The van der Waals surface area contributed by atoms with Gasteiger partial charge in [0.15, 0.2) is 11.5 Å². The second kappa shape index (κ2) is 6.45. The molecule has 0 saturated carbocycles. The highest BCUT2D eigenvalue weighted by atomic mass is 16.5. The summed E-state index contributed by atoms with van der Waals surface area (Å²) in [6, 6.07) is 5.20. The number of rotatable bonds is 5. The molecule has 1 heterocycles. The summed E-state index contributed by atoms with van der Waals surface area (Å²) in [6.07, 6.45) is 0.372. The Balaban J connectivity index is 3.05. The van der Waals surface area contributed by atoms with Crippen LogP contribution < -0.4 is 10.6 Å². The molecule has 6 nitrogen and oxygen atoms in total. The van der Waals surface area contributed by atoms with E-state index in [1.165, 1.54) is 13.2 Å². The van der Waals surface area contributed by atoms with Crippen LogP contribution in [-0.4, -0.2) is 31.2 Å². The van der Waals surface area contributed by atoms with E-state index < -0.39 is 5.97 Å². The zero-order valence-electron chi connectivity index (χ0n) is 10.5. The standard InChI is InChI=1S/C12H16N4O2/c1-3-16(8-4-7-13)11-9(14)5-6-10(15-11)12(17)18-2/h5-6H,3-4,8,14H2,1-2H3. The number of anilines is 2. The highest BCUT2D eigenvalue weighted by Crippen LogP contribution is 2.21. The first-order valence-electron chi connectivity index (χ1n) is 5.60. The molecule has 0 atom stereocenters. The number of carbonyl (C=O) groups excluding carboxylic acids is 1. The second-order valence-electron chi connectivity index (χ2n) is 3.59. The van der Waals surface area contributed by atoms with Crippen molar-refractivity contribution in [1.29, 1.82) is 5.26 Å². The van der Waals surface area contributed by atoms with E-state index in [4.69, 9.17) is 11.0 Å². The van der Waals surface area contributed by atoms with Crippen LogP contribution in [0.3, 0.4) is 0 Å². The van der Waals surface area contributed by atoms with Crippen LogP contribution >= 0.6 is 0 Å². The topological polar surface area (TPSA) is 92.2 Å². The maximum atomic E-state index is 11.4. The number of ether oxygens (including phenoxy) is 1. The number of carbonyl (C=O) groups is 1. The van der Waals surface area contributed by atoms with Crippen LogP contribution in [0.15, 0.2) is 12.1 Å². The lowest BCUT2D eigenvalue weighted by Crippen LogP contribution is -2.26. The highest BCUT2D eigenvalue weighted by molar-refractivity contribution is 5.88. The molecule has 1 aromatic heterocycles. The fourth-order valence-corrected chi connectivity index (χ4v) is 1.53. The van der Waals surface area contributed by atoms with Crippen molar-refractivity contribution in [3.8, 4) is 6.07 Å². The predicted molar refractivity (Wildman–Crippen MR) is 68.1 cm³/mol. The van der Waals surface area contributed by atoms with Gasteiger partial charge in [0, 0.05) is 13.1 Å². The molecule has 0 saturated heterocycles. The molecule has 0 fully saturated rings. The molecule has 0 spiro atoms. The van der Waals surface area contributed by atoms with Crippen LogP contribution in [0, 0.1) is 11.3 Å². The van der Waals surface area contributed by atoms with Crippen molar-refractivity contribution in [2.45, 2.75) is 13.3 Å². The monoisotopic (exact) mass is 248 g/mol. The molecule has 2 N–H and O–H groups in total. The molecular formula is C12H16N4O2. The molecule has 0 aliphatic carbocycles. The maximum absolute atomic E-state index is 11.4. The summed E-state index contributed by atoms with van der Waals surface area (Å²) in [5, 5.41) is 8.61. The molecule has 0 aliphatic rings. The van der Waals surface area contributed by atoms with Gasteiger partial charge in [-0.15, -0.1) is 0 Å². The van der Waals surface area contributed by atoms with Gasteiger partial charge in [0.2, 0.25) is 0 Å². The van der Waals surface area contributed by atoms with Crippen molar-refractivity contribution >= 4 is 17.5 Å². The van der Waals surface area contributed by atoms with Crippen molar-refractivity contribution in [3.63, 3.8) is 0 Å². The van der Waals surface area contributed by atoms with Crippen LogP contribution in [0.5, 0.6) is 0 Å². The number of hydrogen-bond donors (Lipinski definition) is 1. The Labute approximate surface area is 106 Å². The van der Waals surface area contributed by atoms with Gasteiger partial charge in [-0.3, -0.25) is 0 Å². The van der Waals surface area contributed by atoms with Gasteiger partial charge in [0.1, 0.15) is 0 Å². The number of hydrogen-bond acceptors (Lipinski definition) is 6. The summed E-state index contributed by atoms with van der Waals surface area (Å²) in [6.45, 7) is 3.11. The minimum absolute atomic E-state index is 0.206. The molecule has 0 radical (unpaired) electrons. The van der Waals surface area contributed by atoms with E-state index in [0.29, 0.717) is 31.0 Å². The summed E-state index contributed by atoms with van der Waals surface area (Å²) in [5.41, 5.74) is 6.52. The van der Waals surface area contributed by atoms with Gasteiger partial charge in [0.05, 0.1) is 25.3 Å². The fraction of sp³-hybridized carbons (Fsp3) is 0.417. The van der Waals surface area contributed by atoms with Crippen molar-refractivity contribution in [1.82, 2.24) is 4.98 Å². The number of nitriles is 1. The third kappa shape index (κ3) is 3.10. The van der Waals surface area contributed by atoms with Crippen LogP contribution in [0.2, 0.25) is 0 Å². The Morgan fingerprint density at radius 2 is 2.33 bits per heavy atom. The minimum Gasteiger partial charge on any atom is -0.464 e. The number of esters is 1. The third-order valence-electron chi connectivity index (χ3n) is 2.47. The number of methoxy groups -OCH3 is 1. The Bertz CT molecular complexity index is 468. The molecule has 0 unspecified atom stereocenters. The molecule has 96 valence electrons. The Morgan fingerprint density at radius 3 is 2.89 bits per heavy atom. The van der Waals surface area contributed by atoms with Crippen LogP contribution in [0.25, 0.3) is 0 Å². The van der Waals surface area contributed by atoms with Gasteiger partial charge < -0.3 is 15.4 Å². The molecule has 0 bridgehead atoms. The molecule has 6 heteroatoms. The molecule has 1 rings (SSSR count). The van der Waals surface area contributed by atoms with Gasteiger partial charge in [-0.2, -0.15) is 5.26 Å². The van der Waals surface area contributed by atoms with Gasteiger partial charge in [-0.1, -0.05) is 0 Å². The van der Waals surface area contributed by atoms with Crippen LogP contribution in [0.4, 0.5) is 11.5 Å². The summed E-state index contributed by atoms with van der Waals surface area (Å²) in [7, 11) is 1.30. The van der Waals surface area contributed by atoms with Crippen molar-refractivity contribution in [3.05, 3.63) is 17.8 Å². The number of pyridine rings is 1.